The lowest BCUT2D eigenvalue weighted by molar-refractivity contribution is -0.123. The molecule has 0 saturated carbocycles. The minimum absolute atomic E-state index is 0.0451. The van der Waals surface area contributed by atoms with Gasteiger partial charge in [0, 0.05) is 12.5 Å². The third-order valence-electron chi connectivity index (χ3n) is 2.35. The van der Waals surface area contributed by atoms with Crippen LogP contribution < -0.4 is 5.73 Å². The van der Waals surface area contributed by atoms with E-state index in [1.54, 1.807) is 0 Å². The Hall–Kier alpha value is -1.15. The van der Waals surface area contributed by atoms with E-state index in [1.165, 1.54) is 0 Å². The molecular weight excluding hydrogens is 174 g/mol. The smallest absolute Gasteiger partial charge is 0.144 e. The van der Waals surface area contributed by atoms with Gasteiger partial charge in [-0.05, 0) is 5.56 Å². The maximum absolute atomic E-state index is 11.8. The summed E-state index contributed by atoms with van der Waals surface area (Å²) >= 11 is 0. The van der Waals surface area contributed by atoms with Crippen LogP contribution in [0.3, 0.4) is 0 Å². The van der Waals surface area contributed by atoms with Crippen LogP contribution in [0, 0.1) is 5.92 Å². The Bertz CT molecular complexity index is 292. The largest absolute Gasteiger partial charge is 0.329 e. The van der Waals surface area contributed by atoms with Crippen LogP contribution in [-0.2, 0) is 4.79 Å². The van der Waals surface area contributed by atoms with Gasteiger partial charge < -0.3 is 5.73 Å². The van der Waals surface area contributed by atoms with Crippen molar-refractivity contribution in [2.45, 2.75) is 19.8 Å². The van der Waals surface area contributed by atoms with Gasteiger partial charge in [-0.3, -0.25) is 4.79 Å². The molecule has 1 unspecified atom stereocenters. The van der Waals surface area contributed by atoms with E-state index in [0.717, 1.165) is 5.56 Å². The van der Waals surface area contributed by atoms with Crippen LogP contribution in [-0.4, -0.2) is 12.3 Å². The van der Waals surface area contributed by atoms with Crippen molar-refractivity contribution in [2.75, 3.05) is 6.54 Å². The highest BCUT2D eigenvalue weighted by atomic mass is 16.1. The number of carbonyl (C=O) groups is 1. The van der Waals surface area contributed by atoms with Crippen LogP contribution in [0.15, 0.2) is 30.3 Å². The normalized spacial score (nSPS) is 12.9. The monoisotopic (exact) mass is 191 g/mol. The van der Waals surface area contributed by atoms with Gasteiger partial charge in [-0.2, -0.15) is 0 Å². The van der Waals surface area contributed by atoms with E-state index in [2.05, 4.69) is 0 Å². The average Bonchev–Trinajstić information content (AvgIpc) is 2.20. The van der Waals surface area contributed by atoms with Crippen LogP contribution in [0.5, 0.6) is 0 Å². The third-order valence-corrected chi connectivity index (χ3v) is 2.35. The van der Waals surface area contributed by atoms with Crippen molar-refractivity contribution in [3.8, 4) is 0 Å². The van der Waals surface area contributed by atoms with Crippen molar-refractivity contribution in [2.24, 2.45) is 11.7 Å². The van der Waals surface area contributed by atoms with Crippen molar-refractivity contribution in [3.05, 3.63) is 35.9 Å². The molecule has 2 nitrogen and oxygen atoms in total. The molecular formula is C12H17NO. The predicted molar refractivity (Wildman–Crippen MR) is 58.1 cm³/mol. The highest BCUT2D eigenvalue weighted by molar-refractivity contribution is 5.87. The van der Waals surface area contributed by atoms with Gasteiger partial charge in [-0.1, -0.05) is 44.2 Å². The van der Waals surface area contributed by atoms with Crippen molar-refractivity contribution in [1.29, 1.82) is 0 Å². The number of Topliss-reactive ketones (excluding diaryl/α,β-unsaturated/α-hetero) is 1. The lowest BCUT2D eigenvalue weighted by Crippen LogP contribution is -2.25. The second-order valence-electron chi connectivity index (χ2n) is 3.76. The summed E-state index contributed by atoms with van der Waals surface area (Å²) < 4.78 is 0. The lowest BCUT2D eigenvalue weighted by Gasteiger charge is -2.15. The van der Waals surface area contributed by atoms with Crippen LogP contribution in [0.2, 0.25) is 0 Å². The SMILES string of the molecule is CC(C)C(=O)C(CN)c1ccccc1. The van der Waals surface area contributed by atoms with E-state index < -0.39 is 0 Å². The molecule has 1 atom stereocenters. The molecule has 2 N–H and O–H groups in total. The second-order valence-corrected chi connectivity index (χ2v) is 3.76. The van der Waals surface area contributed by atoms with Crippen molar-refractivity contribution in [3.63, 3.8) is 0 Å². The van der Waals surface area contributed by atoms with Gasteiger partial charge >= 0.3 is 0 Å². The van der Waals surface area contributed by atoms with Gasteiger partial charge in [0.25, 0.3) is 0 Å². The van der Waals surface area contributed by atoms with Crippen molar-refractivity contribution in [1.82, 2.24) is 0 Å². The van der Waals surface area contributed by atoms with Crippen LogP contribution in [0.25, 0.3) is 0 Å². The van der Waals surface area contributed by atoms with Crippen molar-refractivity contribution < 1.29 is 4.79 Å². The van der Waals surface area contributed by atoms with Crippen LogP contribution in [0.1, 0.15) is 25.3 Å². The summed E-state index contributed by atoms with van der Waals surface area (Å²) in [7, 11) is 0. The highest BCUT2D eigenvalue weighted by Crippen LogP contribution is 2.18. The van der Waals surface area contributed by atoms with Crippen molar-refractivity contribution >= 4 is 5.78 Å². The van der Waals surface area contributed by atoms with Gasteiger partial charge in [-0.15, -0.1) is 0 Å². The van der Waals surface area contributed by atoms with Gasteiger partial charge in [-0.25, -0.2) is 0 Å². The molecule has 2 heteroatoms. The maximum Gasteiger partial charge on any atom is 0.144 e. The fraction of sp³-hybridized carbons (Fsp3) is 0.417. The third kappa shape index (κ3) is 2.42. The molecule has 76 valence electrons. The first-order valence-electron chi connectivity index (χ1n) is 4.95. The Morgan fingerprint density at radius 1 is 1.29 bits per heavy atom. The van der Waals surface area contributed by atoms with E-state index >= 15 is 0 Å². The molecule has 0 amide bonds. The summed E-state index contributed by atoms with van der Waals surface area (Å²) in [6, 6.07) is 9.73. The minimum atomic E-state index is -0.142. The van der Waals surface area contributed by atoms with Crippen LogP contribution >= 0.6 is 0 Å². The van der Waals surface area contributed by atoms with Gasteiger partial charge in [0.05, 0.1) is 5.92 Å². The predicted octanol–water partition coefficient (Wildman–Crippen LogP) is 1.95. The topological polar surface area (TPSA) is 43.1 Å². The number of rotatable bonds is 4. The van der Waals surface area contributed by atoms with E-state index in [4.69, 9.17) is 5.73 Å². The zero-order valence-corrected chi connectivity index (χ0v) is 8.73. The molecule has 0 saturated heterocycles. The summed E-state index contributed by atoms with van der Waals surface area (Å²) in [5.41, 5.74) is 6.64. The molecule has 0 aromatic heterocycles. The molecule has 0 aliphatic rings. The lowest BCUT2D eigenvalue weighted by atomic mass is 9.89. The van der Waals surface area contributed by atoms with Gasteiger partial charge in [0.2, 0.25) is 0 Å². The molecule has 0 heterocycles. The summed E-state index contributed by atoms with van der Waals surface area (Å²) in [5, 5.41) is 0. The first-order valence-corrected chi connectivity index (χ1v) is 4.95. The average molecular weight is 191 g/mol. The van der Waals surface area contributed by atoms with E-state index in [0.29, 0.717) is 6.54 Å². The summed E-state index contributed by atoms with van der Waals surface area (Å²) in [4.78, 5) is 11.8. The Labute approximate surface area is 85.1 Å². The molecule has 0 aliphatic carbocycles. The number of ketones is 1. The first kappa shape index (κ1) is 10.9. The molecule has 0 aliphatic heterocycles. The molecule has 0 bridgehead atoms. The molecule has 1 rings (SSSR count). The zero-order chi connectivity index (χ0) is 10.6. The standard InChI is InChI=1S/C12H17NO/c1-9(2)12(14)11(8-13)10-6-4-3-5-7-10/h3-7,9,11H,8,13H2,1-2H3. The number of benzene rings is 1. The Balaban J connectivity index is 2.88. The minimum Gasteiger partial charge on any atom is -0.329 e. The quantitative estimate of drug-likeness (QED) is 0.790. The van der Waals surface area contributed by atoms with E-state index in [1.807, 2.05) is 44.2 Å². The molecule has 1 aromatic carbocycles. The molecule has 14 heavy (non-hydrogen) atoms. The number of carbonyl (C=O) groups excluding carboxylic acids is 1. The fourth-order valence-electron chi connectivity index (χ4n) is 1.50. The summed E-state index contributed by atoms with van der Waals surface area (Å²) in [6.07, 6.45) is 0. The Kier molecular flexibility index (Phi) is 3.84. The van der Waals surface area contributed by atoms with Gasteiger partial charge in [0.1, 0.15) is 5.78 Å². The first-order chi connectivity index (χ1) is 6.66. The fourth-order valence-corrected chi connectivity index (χ4v) is 1.50. The summed E-state index contributed by atoms with van der Waals surface area (Å²) in [6.45, 7) is 4.21. The summed E-state index contributed by atoms with van der Waals surface area (Å²) in [5.74, 6) is 0.124. The number of hydrogen-bond acceptors (Lipinski definition) is 2. The maximum atomic E-state index is 11.8. The van der Waals surface area contributed by atoms with E-state index in [9.17, 15) is 4.79 Å². The Morgan fingerprint density at radius 3 is 2.29 bits per heavy atom. The second kappa shape index (κ2) is 4.91. The number of hydrogen-bond donors (Lipinski definition) is 1. The number of nitrogens with two attached hydrogens (primary N) is 1. The van der Waals surface area contributed by atoms with E-state index in [-0.39, 0.29) is 17.6 Å². The molecule has 0 radical (unpaired) electrons. The molecule has 0 spiro atoms. The molecule has 0 fully saturated rings. The Morgan fingerprint density at radius 2 is 1.86 bits per heavy atom. The highest BCUT2D eigenvalue weighted by Gasteiger charge is 2.20. The van der Waals surface area contributed by atoms with Crippen LogP contribution in [0.4, 0.5) is 0 Å². The molecule has 1 aromatic rings. The zero-order valence-electron chi connectivity index (χ0n) is 8.73. The van der Waals surface area contributed by atoms with Gasteiger partial charge in [0.15, 0.2) is 0 Å².